The number of anilines is 1. The minimum atomic E-state index is -0.250. The fourth-order valence-electron chi connectivity index (χ4n) is 2.82. The van der Waals surface area contributed by atoms with Crippen LogP contribution in [0.4, 0.5) is 5.69 Å². The van der Waals surface area contributed by atoms with E-state index in [1.165, 1.54) is 0 Å². The zero-order valence-electron chi connectivity index (χ0n) is 12.4. The van der Waals surface area contributed by atoms with Gasteiger partial charge in [-0.05, 0) is 61.1 Å². The van der Waals surface area contributed by atoms with Crippen molar-refractivity contribution < 1.29 is 5.11 Å². The Bertz CT molecular complexity index is 464. The van der Waals surface area contributed by atoms with Crippen molar-refractivity contribution in [3.63, 3.8) is 0 Å². The number of β-amino-alcohol motifs (C(OH)–C–C–N with tert-alkyl or cyclic N) is 1. The van der Waals surface area contributed by atoms with Crippen LogP contribution in [0.3, 0.4) is 0 Å². The third-order valence-electron chi connectivity index (χ3n) is 3.78. The van der Waals surface area contributed by atoms with E-state index in [0.29, 0.717) is 12.6 Å². The van der Waals surface area contributed by atoms with E-state index in [4.69, 9.17) is 5.73 Å². The molecule has 1 saturated heterocycles. The lowest BCUT2D eigenvalue weighted by Gasteiger charge is -2.30. The van der Waals surface area contributed by atoms with Crippen molar-refractivity contribution in [2.75, 3.05) is 32.1 Å². The molecule has 1 aromatic rings. The van der Waals surface area contributed by atoms with Gasteiger partial charge in [-0.1, -0.05) is 6.07 Å². The van der Waals surface area contributed by atoms with E-state index < -0.39 is 0 Å². The SMILES string of the molecule is C[C@H](N)c1ccc(N2CC(O)CC2CN(C)C)c(Br)c1. The van der Waals surface area contributed by atoms with Crippen LogP contribution >= 0.6 is 15.9 Å². The summed E-state index contributed by atoms with van der Waals surface area (Å²) in [6, 6.07) is 6.63. The second kappa shape index (κ2) is 6.43. The molecule has 2 rings (SSSR count). The molecular formula is C15H24BrN3O. The van der Waals surface area contributed by atoms with Gasteiger partial charge in [0, 0.05) is 29.6 Å². The zero-order valence-corrected chi connectivity index (χ0v) is 14.0. The number of aliphatic hydroxyl groups is 1. The van der Waals surface area contributed by atoms with Crippen LogP contribution in [0.25, 0.3) is 0 Å². The molecule has 0 radical (unpaired) electrons. The van der Waals surface area contributed by atoms with Crippen molar-refractivity contribution in [1.29, 1.82) is 0 Å². The second-order valence-corrected chi connectivity index (χ2v) is 6.81. The van der Waals surface area contributed by atoms with Crippen molar-refractivity contribution in [2.45, 2.75) is 31.5 Å². The summed E-state index contributed by atoms with van der Waals surface area (Å²) in [6.07, 6.45) is 0.569. The molecule has 20 heavy (non-hydrogen) atoms. The summed E-state index contributed by atoms with van der Waals surface area (Å²) < 4.78 is 1.05. The average molecular weight is 342 g/mol. The molecule has 0 amide bonds. The Hall–Kier alpha value is -0.620. The van der Waals surface area contributed by atoms with E-state index in [0.717, 1.165) is 28.7 Å². The summed E-state index contributed by atoms with van der Waals surface area (Å²) in [6.45, 7) is 3.61. The van der Waals surface area contributed by atoms with Gasteiger partial charge in [0.2, 0.25) is 0 Å². The average Bonchev–Trinajstić information content (AvgIpc) is 2.68. The Morgan fingerprint density at radius 1 is 1.50 bits per heavy atom. The van der Waals surface area contributed by atoms with Gasteiger partial charge in [0.15, 0.2) is 0 Å². The lowest BCUT2D eigenvalue weighted by molar-refractivity contribution is 0.191. The third kappa shape index (κ3) is 3.52. The number of nitrogens with two attached hydrogens (primary N) is 1. The maximum absolute atomic E-state index is 9.98. The Labute approximate surface area is 129 Å². The quantitative estimate of drug-likeness (QED) is 0.879. The predicted octanol–water partition coefficient (Wildman–Crippen LogP) is 1.97. The summed E-state index contributed by atoms with van der Waals surface area (Å²) in [5, 5.41) is 9.98. The van der Waals surface area contributed by atoms with Gasteiger partial charge < -0.3 is 20.6 Å². The van der Waals surface area contributed by atoms with E-state index in [9.17, 15) is 5.11 Å². The lowest BCUT2D eigenvalue weighted by Crippen LogP contribution is -2.37. The molecule has 1 aliphatic heterocycles. The number of hydrogen-bond donors (Lipinski definition) is 2. The van der Waals surface area contributed by atoms with Crippen molar-refractivity contribution in [3.05, 3.63) is 28.2 Å². The first kappa shape index (κ1) is 15.8. The molecule has 1 fully saturated rings. The molecule has 0 saturated carbocycles. The van der Waals surface area contributed by atoms with Crippen molar-refractivity contribution in [3.8, 4) is 0 Å². The normalized spacial score (nSPS) is 24.4. The van der Waals surface area contributed by atoms with Crippen molar-refractivity contribution in [2.24, 2.45) is 5.73 Å². The molecule has 5 heteroatoms. The minimum Gasteiger partial charge on any atom is -0.391 e. The van der Waals surface area contributed by atoms with Gasteiger partial charge in [0.05, 0.1) is 11.8 Å². The predicted molar refractivity (Wildman–Crippen MR) is 87.1 cm³/mol. The maximum Gasteiger partial charge on any atom is 0.0735 e. The van der Waals surface area contributed by atoms with Gasteiger partial charge in [-0.25, -0.2) is 0 Å². The Kier molecular flexibility index (Phi) is 5.07. The van der Waals surface area contributed by atoms with Crippen LogP contribution in [0.15, 0.2) is 22.7 Å². The topological polar surface area (TPSA) is 52.7 Å². The fraction of sp³-hybridized carbons (Fsp3) is 0.600. The summed E-state index contributed by atoms with van der Waals surface area (Å²) in [5.41, 5.74) is 8.17. The van der Waals surface area contributed by atoms with Crippen molar-refractivity contribution >= 4 is 21.6 Å². The molecule has 0 aromatic heterocycles. The van der Waals surface area contributed by atoms with Gasteiger partial charge in [-0.2, -0.15) is 0 Å². The van der Waals surface area contributed by atoms with Gasteiger partial charge in [-0.3, -0.25) is 0 Å². The van der Waals surface area contributed by atoms with Crippen LogP contribution in [0.1, 0.15) is 24.9 Å². The number of nitrogens with zero attached hydrogens (tertiary/aromatic N) is 2. The third-order valence-corrected chi connectivity index (χ3v) is 4.41. The van der Waals surface area contributed by atoms with Gasteiger partial charge in [0.25, 0.3) is 0 Å². The van der Waals surface area contributed by atoms with E-state index in [1.807, 2.05) is 6.92 Å². The molecule has 1 aromatic carbocycles. The molecule has 0 aliphatic carbocycles. The summed E-state index contributed by atoms with van der Waals surface area (Å²) >= 11 is 3.65. The van der Waals surface area contributed by atoms with Crippen LogP contribution < -0.4 is 10.6 Å². The van der Waals surface area contributed by atoms with Gasteiger partial charge in [0.1, 0.15) is 0 Å². The molecule has 0 spiro atoms. The smallest absolute Gasteiger partial charge is 0.0735 e. The van der Waals surface area contributed by atoms with Crippen LogP contribution in [0.2, 0.25) is 0 Å². The Balaban J connectivity index is 2.25. The molecule has 3 atom stereocenters. The first-order valence-electron chi connectivity index (χ1n) is 7.03. The number of aliphatic hydroxyl groups excluding tert-OH is 1. The lowest BCUT2D eigenvalue weighted by atomic mass is 10.1. The Morgan fingerprint density at radius 2 is 2.20 bits per heavy atom. The van der Waals surface area contributed by atoms with E-state index in [1.54, 1.807) is 0 Å². The van der Waals surface area contributed by atoms with E-state index in [-0.39, 0.29) is 12.1 Å². The number of rotatable bonds is 4. The first-order chi connectivity index (χ1) is 9.38. The van der Waals surface area contributed by atoms with Gasteiger partial charge in [-0.15, -0.1) is 0 Å². The highest BCUT2D eigenvalue weighted by molar-refractivity contribution is 9.10. The van der Waals surface area contributed by atoms with Crippen LogP contribution in [0, 0.1) is 0 Å². The molecule has 1 heterocycles. The standard InChI is InChI=1S/C15H24BrN3O/c1-10(17)11-4-5-15(14(16)6-11)19-9-13(20)7-12(19)8-18(2)3/h4-6,10,12-13,20H,7-9,17H2,1-3H3/t10-,12?,13?/m0/s1. The van der Waals surface area contributed by atoms with Gasteiger partial charge >= 0.3 is 0 Å². The van der Waals surface area contributed by atoms with Crippen molar-refractivity contribution in [1.82, 2.24) is 4.90 Å². The highest BCUT2D eigenvalue weighted by Crippen LogP contribution is 2.34. The number of halogens is 1. The number of likely N-dealkylation sites (N-methyl/N-ethyl adjacent to an activating group) is 1. The van der Waals surface area contributed by atoms with E-state index in [2.05, 4.69) is 58.0 Å². The fourth-order valence-corrected chi connectivity index (χ4v) is 3.45. The zero-order chi connectivity index (χ0) is 14.9. The highest BCUT2D eigenvalue weighted by Gasteiger charge is 2.32. The van der Waals surface area contributed by atoms with E-state index >= 15 is 0 Å². The Morgan fingerprint density at radius 3 is 2.75 bits per heavy atom. The molecule has 1 aliphatic rings. The molecule has 2 unspecified atom stereocenters. The monoisotopic (exact) mass is 341 g/mol. The number of benzene rings is 1. The highest BCUT2D eigenvalue weighted by atomic mass is 79.9. The minimum absolute atomic E-state index is 0.0297. The molecule has 4 nitrogen and oxygen atoms in total. The van der Waals surface area contributed by atoms with Crippen LogP contribution in [0.5, 0.6) is 0 Å². The number of hydrogen-bond acceptors (Lipinski definition) is 4. The largest absolute Gasteiger partial charge is 0.391 e. The molecular weight excluding hydrogens is 318 g/mol. The second-order valence-electron chi connectivity index (χ2n) is 5.96. The summed E-state index contributed by atoms with van der Waals surface area (Å²) in [4.78, 5) is 4.46. The summed E-state index contributed by atoms with van der Waals surface area (Å²) in [7, 11) is 4.13. The maximum atomic E-state index is 9.98. The molecule has 0 bridgehead atoms. The van der Waals surface area contributed by atoms with Crippen LogP contribution in [-0.2, 0) is 0 Å². The first-order valence-corrected chi connectivity index (χ1v) is 7.82. The van der Waals surface area contributed by atoms with Crippen LogP contribution in [-0.4, -0.2) is 49.3 Å². The molecule has 3 N–H and O–H groups in total. The molecule has 112 valence electrons. The summed E-state index contributed by atoms with van der Waals surface area (Å²) in [5.74, 6) is 0.